The highest BCUT2D eigenvalue weighted by molar-refractivity contribution is 7.91. The van der Waals surface area contributed by atoms with E-state index in [9.17, 15) is 18.9 Å². The van der Waals surface area contributed by atoms with Gasteiger partial charge in [0.2, 0.25) is 9.84 Å². The molecule has 6 heterocycles. The number of rotatable bonds is 8. The predicted octanol–water partition coefficient (Wildman–Crippen LogP) is 15.5. The number of nitrogens with zero attached hydrogens (tertiary/aromatic N) is 8. The van der Waals surface area contributed by atoms with E-state index in [1.165, 1.54) is 18.2 Å². The van der Waals surface area contributed by atoms with Gasteiger partial charge >= 0.3 is 0 Å². The molecule has 0 bridgehead atoms. The largest absolute Gasteiger partial charge is 0.458 e. The van der Waals surface area contributed by atoms with Crippen LogP contribution in [0.15, 0.2) is 271 Å². The first-order valence-corrected chi connectivity index (χ1v) is 31.2. The van der Waals surface area contributed by atoms with Gasteiger partial charge in [-0.3, -0.25) is 0 Å². The number of sulfone groups is 1. The quantitative estimate of drug-likeness (QED) is 0.135. The van der Waals surface area contributed by atoms with Gasteiger partial charge in [-0.05, 0) is 108 Å². The summed E-state index contributed by atoms with van der Waals surface area (Å²) in [5, 5.41) is 25.7. The normalized spacial score (nSPS) is 12.4. The Kier molecular flexibility index (Phi) is 11.3. The van der Waals surface area contributed by atoms with Crippen molar-refractivity contribution in [2.45, 2.75) is 9.79 Å². The van der Waals surface area contributed by atoms with E-state index in [-0.39, 0.29) is 27.6 Å². The molecule has 91 heavy (non-hydrogen) atoms. The van der Waals surface area contributed by atoms with Crippen LogP contribution in [0.3, 0.4) is 0 Å². The number of nitriles is 2. The Morgan fingerprint density at radius 2 is 0.791 bits per heavy atom. The molecule has 14 heteroatoms. The van der Waals surface area contributed by atoms with Gasteiger partial charge in [0.25, 0.3) is 6.71 Å². The summed E-state index contributed by atoms with van der Waals surface area (Å²) in [6, 6.07) is 89.6. The van der Waals surface area contributed by atoms with Crippen LogP contribution in [0.2, 0.25) is 0 Å². The van der Waals surface area contributed by atoms with Gasteiger partial charge in [0.15, 0.2) is 17.5 Å². The Morgan fingerprint density at radius 3 is 1.25 bits per heavy atom. The average molecular weight is 1190 g/mol. The van der Waals surface area contributed by atoms with Gasteiger partial charge in [0, 0.05) is 78.0 Å². The number of aromatic nitrogens is 6. The van der Waals surface area contributed by atoms with Crippen LogP contribution in [0.5, 0.6) is 23.0 Å². The molecule has 16 aromatic rings. The standard InChI is InChI=1S/C77H43BN8O4S/c79-44-46-31-40-67(50(41-46)45-80)91(87,88)54-38-36-52(37-39-54)85-61-27-13-8-22-56(61)69-73(85)68-55-21-7-12-26-60(55)84(51-34-32-49(33-35-51)77-82-75(47-17-3-1-4-18-47)81-76(83-77)48-19-5-2-6-20-48)72(68)70-57-23-9-14-28-62(57)86(74(69)70)53-42-65-71-66(43-53)90-64-30-16-11-25-59(64)78(71)58-24-10-15-29-63(58)89-65/h1-43H. The fraction of sp³-hybridized carbons (Fsp3) is 0. The summed E-state index contributed by atoms with van der Waals surface area (Å²) >= 11 is 0. The lowest BCUT2D eigenvalue weighted by atomic mass is 9.35. The predicted molar refractivity (Wildman–Crippen MR) is 358 cm³/mol. The average Bonchev–Trinajstić information content (AvgIpc) is 1.52. The second-order valence-electron chi connectivity index (χ2n) is 22.8. The first-order valence-electron chi connectivity index (χ1n) is 29.7. The van der Waals surface area contributed by atoms with E-state index in [4.69, 9.17) is 24.4 Å². The molecule has 0 saturated carbocycles. The van der Waals surface area contributed by atoms with Crippen LogP contribution >= 0.6 is 0 Å². The van der Waals surface area contributed by atoms with E-state index in [2.05, 4.69) is 141 Å². The van der Waals surface area contributed by atoms with Crippen molar-refractivity contribution in [3.05, 3.63) is 272 Å². The van der Waals surface area contributed by atoms with Crippen molar-refractivity contribution in [1.29, 1.82) is 10.5 Å². The summed E-state index contributed by atoms with van der Waals surface area (Å²) in [7, 11) is -4.22. The molecule has 4 aromatic heterocycles. The van der Waals surface area contributed by atoms with Crippen molar-refractivity contribution in [2.24, 2.45) is 0 Å². The Morgan fingerprint density at radius 1 is 0.385 bits per heavy atom. The zero-order chi connectivity index (χ0) is 60.6. The number of fused-ring (bicyclic) bond motifs is 16. The number of hydrogen-bond donors (Lipinski definition) is 0. The summed E-state index contributed by atoms with van der Waals surface area (Å²) in [4.78, 5) is 15.0. The van der Waals surface area contributed by atoms with Gasteiger partial charge < -0.3 is 23.2 Å². The lowest BCUT2D eigenvalue weighted by molar-refractivity contribution is 0.464. The zero-order valence-electron chi connectivity index (χ0n) is 48.0. The zero-order valence-corrected chi connectivity index (χ0v) is 48.8. The van der Waals surface area contributed by atoms with Crippen LogP contribution < -0.4 is 25.9 Å². The summed E-state index contributed by atoms with van der Waals surface area (Å²) in [6.07, 6.45) is 0. The van der Waals surface area contributed by atoms with Crippen LogP contribution in [0, 0.1) is 22.7 Å². The molecule has 0 fully saturated rings. The molecular weight excluding hydrogens is 1140 g/mol. The Hall–Kier alpha value is -12.4. The maximum Gasteiger partial charge on any atom is 0.260 e. The fourth-order valence-corrected chi connectivity index (χ4v) is 15.4. The van der Waals surface area contributed by atoms with Crippen molar-refractivity contribution in [3.63, 3.8) is 0 Å². The van der Waals surface area contributed by atoms with Crippen LogP contribution in [0.1, 0.15) is 11.1 Å². The molecule has 0 aliphatic carbocycles. The molecule has 12 nitrogen and oxygen atoms in total. The number of ether oxygens (including phenoxy) is 2. The maximum absolute atomic E-state index is 14.6. The molecule has 0 saturated heterocycles. The molecule has 424 valence electrons. The first kappa shape index (κ1) is 51.8. The highest BCUT2D eigenvalue weighted by atomic mass is 32.2. The Labute approximate surface area is 520 Å². The molecule has 0 unspecified atom stereocenters. The number of hydrogen-bond acceptors (Lipinski definition) is 9. The molecule has 0 amide bonds. The second-order valence-corrected chi connectivity index (χ2v) is 24.7. The van der Waals surface area contributed by atoms with Crippen molar-refractivity contribution in [2.75, 3.05) is 0 Å². The van der Waals surface area contributed by atoms with Gasteiger partial charge in [-0.25, -0.2) is 23.4 Å². The summed E-state index contributed by atoms with van der Waals surface area (Å²) in [6.45, 7) is -0.126. The topological polar surface area (TPSA) is 154 Å². The van der Waals surface area contributed by atoms with E-state index in [1.54, 1.807) is 12.1 Å². The first-order chi connectivity index (χ1) is 44.8. The van der Waals surface area contributed by atoms with Crippen molar-refractivity contribution < 1.29 is 17.9 Å². The van der Waals surface area contributed by atoms with E-state index in [1.807, 2.05) is 115 Å². The van der Waals surface area contributed by atoms with Gasteiger partial charge in [-0.2, -0.15) is 10.5 Å². The minimum Gasteiger partial charge on any atom is -0.458 e. The highest BCUT2D eigenvalue weighted by Gasteiger charge is 2.41. The lowest BCUT2D eigenvalue weighted by Crippen LogP contribution is -2.57. The number of para-hydroxylation sites is 5. The molecule has 0 radical (unpaired) electrons. The summed E-state index contributed by atoms with van der Waals surface area (Å²) in [5.41, 5.74) is 13.8. The molecule has 0 N–H and O–H groups in total. The third-order valence-corrected chi connectivity index (χ3v) is 19.7. The van der Waals surface area contributed by atoms with E-state index in [0.29, 0.717) is 34.7 Å². The minimum absolute atomic E-state index is 0.00368. The van der Waals surface area contributed by atoms with Crippen molar-refractivity contribution >= 4 is 98.4 Å². The highest BCUT2D eigenvalue weighted by Crippen LogP contribution is 2.51. The van der Waals surface area contributed by atoms with Crippen LogP contribution in [-0.4, -0.2) is 43.8 Å². The second kappa shape index (κ2) is 19.8. The van der Waals surface area contributed by atoms with E-state index >= 15 is 0 Å². The summed E-state index contributed by atoms with van der Waals surface area (Å²) in [5.74, 6) is 4.65. The van der Waals surface area contributed by atoms with Crippen molar-refractivity contribution in [1.82, 2.24) is 28.7 Å². The van der Waals surface area contributed by atoms with Gasteiger partial charge in [-0.15, -0.1) is 0 Å². The van der Waals surface area contributed by atoms with Crippen molar-refractivity contribution in [3.8, 4) is 86.4 Å². The molecule has 2 aliphatic heterocycles. The van der Waals surface area contributed by atoms with Crippen LogP contribution in [0.25, 0.3) is 117 Å². The molecule has 0 atom stereocenters. The minimum atomic E-state index is -4.22. The lowest BCUT2D eigenvalue weighted by Gasteiger charge is -2.33. The van der Waals surface area contributed by atoms with Gasteiger partial charge in [0.1, 0.15) is 29.1 Å². The smallest absolute Gasteiger partial charge is 0.260 e. The third-order valence-electron chi connectivity index (χ3n) is 17.9. The Bertz CT molecular complexity index is 5880. The molecule has 12 aromatic carbocycles. The summed E-state index contributed by atoms with van der Waals surface area (Å²) < 4.78 is 50.1. The maximum atomic E-state index is 14.6. The number of benzene rings is 12. The monoisotopic (exact) mass is 1190 g/mol. The molecule has 18 rings (SSSR count). The van der Waals surface area contributed by atoms with Gasteiger partial charge in [-0.1, -0.05) is 152 Å². The van der Waals surface area contributed by atoms with E-state index in [0.717, 1.165) is 121 Å². The van der Waals surface area contributed by atoms with Gasteiger partial charge in [0.05, 0.1) is 65.8 Å². The SMILES string of the molecule is N#Cc1ccc(S(=O)(=O)c2ccc(-n3c4ccccc4c4c3c3c5ccccc5n(-c5ccc(-c6nc(-c7ccccc7)nc(-c7ccccc7)n6)cc5)c3c3c5ccccc5n(-c5cc6c7c(c5)Oc5ccccc5B7c5ccccc5O6)c34)cc2)c(C#N)c1. The third kappa shape index (κ3) is 7.74. The fourth-order valence-electron chi connectivity index (χ4n) is 14.0. The Balaban J connectivity index is 0.935. The van der Waals surface area contributed by atoms with Crippen LogP contribution in [-0.2, 0) is 9.84 Å². The molecule has 0 spiro atoms. The van der Waals surface area contributed by atoms with Crippen LogP contribution in [0.4, 0.5) is 0 Å². The molecule has 2 aliphatic rings. The molecular formula is C77H43BN8O4S. The van der Waals surface area contributed by atoms with E-state index < -0.39 is 9.84 Å².